The van der Waals surface area contributed by atoms with Gasteiger partial charge in [0.15, 0.2) is 16.6 Å². The molecule has 0 unspecified atom stereocenters. The van der Waals surface area contributed by atoms with Gasteiger partial charge in [-0.05, 0) is 60.7 Å². The standard InChI is InChI=1S/C25H22N4O5S/c1-31-18-6-4-5-15(11-18)23(30)29-25(35)28-16-7-9-17(10-8-16)34-24-19-12-21(32-2)22(33-3)13-20(19)26-14-27-24/h4-14H,1-3H3,(H2,28,29,30,35). The van der Waals surface area contributed by atoms with Gasteiger partial charge in [0.25, 0.3) is 5.91 Å². The van der Waals surface area contributed by atoms with Crippen LogP contribution in [0.1, 0.15) is 10.4 Å². The van der Waals surface area contributed by atoms with Crippen LogP contribution in [0.5, 0.6) is 28.9 Å². The Morgan fingerprint density at radius 2 is 1.60 bits per heavy atom. The van der Waals surface area contributed by atoms with E-state index in [0.717, 1.165) is 0 Å². The monoisotopic (exact) mass is 490 g/mol. The molecule has 1 amide bonds. The molecule has 0 aliphatic carbocycles. The molecule has 2 N–H and O–H groups in total. The van der Waals surface area contributed by atoms with Gasteiger partial charge in [0.1, 0.15) is 17.8 Å². The summed E-state index contributed by atoms with van der Waals surface area (Å²) in [6, 6.07) is 17.4. The van der Waals surface area contributed by atoms with Crippen molar-refractivity contribution >= 4 is 39.8 Å². The van der Waals surface area contributed by atoms with Gasteiger partial charge in [0, 0.05) is 17.3 Å². The third kappa shape index (κ3) is 5.56. The van der Waals surface area contributed by atoms with Crippen LogP contribution in [0.3, 0.4) is 0 Å². The number of carbonyl (C=O) groups is 1. The Hall–Kier alpha value is -4.44. The van der Waals surface area contributed by atoms with Crippen LogP contribution in [-0.4, -0.2) is 42.3 Å². The van der Waals surface area contributed by atoms with Gasteiger partial charge in [-0.2, -0.15) is 0 Å². The number of ether oxygens (including phenoxy) is 4. The second kappa shape index (κ2) is 10.7. The number of amides is 1. The lowest BCUT2D eigenvalue weighted by atomic mass is 10.2. The summed E-state index contributed by atoms with van der Waals surface area (Å²) in [6.07, 6.45) is 1.42. The summed E-state index contributed by atoms with van der Waals surface area (Å²) >= 11 is 5.26. The molecule has 0 bridgehead atoms. The van der Waals surface area contributed by atoms with Crippen molar-refractivity contribution in [2.24, 2.45) is 0 Å². The van der Waals surface area contributed by atoms with Crippen LogP contribution in [0.4, 0.5) is 5.69 Å². The Morgan fingerprint density at radius 3 is 2.31 bits per heavy atom. The maximum absolute atomic E-state index is 12.4. The van der Waals surface area contributed by atoms with E-state index >= 15 is 0 Å². The number of nitrogens with one attached hydrogen (secondary N) is 2. The van der Waals surface area contributed by atoms with Gasteiger partial charge in [0.05, 0.1) is 32.2 Å². The predicted octanol–water partition coefficient (Wildman–Crippen LogP) is 4.57. The predicted molar refractivity (Wildman–Crippen MR) is 136 cm³/mol. The Bertz CT molecular complexity index is 1380. The summed E-state index contributed by atoms with van der Waals surface area (Å²) in [4.78, 5) is 21.0. The number of fused-ring (bicyclic) bond motifs is 1. The van der Waals surface area contributed by atoms with Crippen molar-refractivity contribution in [3.63, 3.8) is 0 Å². The fourth-order valence-electron chi connectivity index (χ4n) is 3.26. The topological polar surface area (TPSA) is 104 Å². The van der Waals surface area contributed by atoms with E-state index in [1.807, 2.05) is 0 Å². The van der Waals surface area contributed by atoms with E-state index in [2.05, 4.69) is 20.6 Å². The Kier molecular flexibility index (Phi) is 7.22. The van der Waals surface area contributed by atoms with Gasteiger partial charge >= 0.3 is 0 Å². The van der Waals surface area contributed by atoms with Crippen molar-refractivity contribution in [3.8, 4) is 28.9 Å². The molecule has 0 aliphatic rings. The van der Waals surface area contributed by atoms with E-state index in [1.165, 1.54) is 13.4 Å². The van der Waals surface area contributed by atoms with Gasteiger partial charge in [-0.3, -0.25) is 10.1 Å². The molecule has 0 saturated heterocycles. The van der Waals surface area contributed by atoms with Crippen LogP contribution < -0.4 is 29.6 Å². The summed E-state index contributed by atoms with van der Waals surface area (Å²) in [5.74, 6) is 2.28. The molecule has 0 saturated carbocycles. The number of nitrogens with zero attached hydrogens (tertiary/aromatic N) is 2. The molecule has 0 aliphatic heterocycles. The lowest BCUT2D eigenvalue weighted by Gasteiger charge is -2.12. The van der Waals surface area contributed by atoms with Crippen LogP contribution in [0.25, 0.3) is 10.9 Å². The quantitative estimate of drug-likeness (QED) is 0.360. The molecular weight excluding hydrogens is 468 g/mol. The number of methoxy groups -OCH3 is 3. The first-order valence-corrected chi connectivity index (χ1v) is 10.8. The van der Waals surface area contributed by atoms with Crippen LogP contribution in [-0.2, 0) is 0 Å². The Balaban J connectivity index is 1.43. The first-order chi connectivity index (χ1) is 17.0. The molecule has 0 radical (unpaired) electrons. The molecule has 4 rings (SSSR count). The molecule has 4 aromatic rings. The lowest BCUT2D eigenvalue weighted by molar-refractivity contribution is 0.0977. The van der Waals surface area contributed by atoms with Crippen molar-refractivity contribution < 1.29 is 23.7 Å². The van der Waals surface area contributed by atoms with Crippen LogP contribution in [0, 0.1) is 0 Å². The smallest absolute Gasteiger partial charge is 0.257 e. The highest BCUT2D eigenvalue weighted by Crippen LogP contribution is 2.35. The van der Waals surface area contributed by atoms with Gasteiger partial charge in [-0.15, -0.1) is 0 Å². The summed E-state index contributed by atoms with van der Waals surface area (Å²) in [6.45, 7) is 0. The maximum atomic E-state index is 12.4. The highest BCUT2D eigenvalue weighted by Gasteiger charge is 2.13. The minimum atomic E-state index is -0.343. The van der Waals surface area contributed by atoms with Gasteiger partial charge in [0.2, 0.25) is 5.88 Å². The molecule has 3 aromatic carbocycles. The van der Waals surface area contributed by atoms with E-state index < -0.39 is 0 Å². The minimum absolute atomic E-state index is 0.161. The second-order valence-electron chi connectivity index (χ2n) is 7.17. The van der Waals surface area contributed by atoms with E-state index in [0.29, 0.717) is 51.0 Å². The molecule has 35 heavy (non-hydrogen) atoms. The highest BCUT2D eigenvalue weighted by atomic mass is 32.1. The first-order valence-electron chi connectivity index (χ1n) is 10.4. The molecule has 1 heterocycles. The van der Waals surface area contributed by atoms with E-state index in [9.17, 15) is 4.79 Å². The molecule has 10 heteroatoms. The summed E-state index contributed by atoms with van der Waals surface area (Å²) in [5.41, 5.74) is 1.76. The third-order valence-corrected chi connectivity index (χ3v) is 5.19. The van der Waals surface area contributed by atoms with Crippen LogP contribution >= 0.6 is 12.2 Å². The van der Waals surface area contributed by atoms with Crippen molar-refractivity contribution in [1.82, 2.24) is 15.3 Å². The molecule has 178 valence electrons. The Labute approximate surface area is 207 Å². The number of rotatable bonds is 7. The number of aromatic nitrogens is 2. The molecule has 1 aromatic heterocycles. The van der Waals surface area contributed by atoms with Crippen molar-refractivity contribution in [2.75, 3.05) is 26.6 Å². The SMILES string of the molecule is COc1cccc(C(=O)NC(=S)Nc2ccc(Oc3ncnc4cc(OC)c(OC)cc34)cc2)c1. The number of hydrogen-bond acceptors (Lipinski definition) is 8. The number of benzene rings is 3. The van der Waals surface area contributed by atoms with Gasteiger partial charge < -0.3 is 24.3 Å². The van der Waals surface area contributed by atoms with Crippen LogP contribution in [0.15, 0.2) is 67.0 Å². The van der Waals surface area contributed by atoms with Crippen molar-refractivity contribution in [1.29, 1.82) is 0 Å². The number of hydrogen-bond donors (Lipinski definition) is 2. The average Bonchev–Trinajstić information content (AvgIpc) is 2.89. The zero-order valence-electron chi connectivity index (χ0n) is 19.2. The summed E-state index contributed by atoms with van der Waals surface area (Å²) in [7, 11) is 4.66. The highest BCUT2D eigenvalue weighted by molar-refractivity contribution is 7.80. The zero-order chi connectivity index (χ0) is 24.8. The first kappa shape index (κ1) is 23.7. The van der Waals surface area contributed by atoms with Gasteiger partial charge in [-0.1, -0.05) is 6.07 Å². The zero-order valence-corrected chi connectivity index (χ0v) is 20.0. The second-order valence-corrected chi connectivity index (χ2v) is 7.58. The molecular formula is C25H22N4O5S. The minimum Gasteiger partial charge on any atom is -0.497 e. The summed E-state index contributed by atoms with van der Waals surface area (Å²) < 4.78 is 21.8. The number of thiocarbonyl (C=S) groups is 1. The van der Waals surface area contributed by atoms with E-state index in [1.54, 1.807) is 74.9 Å². The van der Waals surface area contributed by atoms with E-state index in [4.69, 9.17) is 31.2 Å². The van der Waals surface area contributed by atoms with Crippen molar-refractivity contribution in [2.45, 2.75) is 0 Å². The third-order valence-electron chi connectivity index (χ3n) is 4.99. The summed E-state index contributed by atoms with van der Waals surface area (Å²) in [5, 5.41) is 6.46. The molecule has 0 spiro atoms. The number of anilines is 1. The maximum Gasteiger partial charge on any atom is 0.257 e. The molecule has 9 nitrogen and oxygen atoms in total. The number of carbonyl (C=O) groups excluding carboxylic acids is 1. The van der Waals surface area contributed by atoms with E-state index in [-0.39, 0.29) is 11.0 Å². The van der Waals surface area contributed by atoms with Crippen LogP contribution in [0.2, 0.25) is 0 Å². The normalized spacial score (nSPS) is 10.4. The average molecular weight is 491 g/mol. The molecule has 0 fully saturated rings. The van der Waals surface area contributed by atoms with Gasteiger partial charge in [-0.25, -0.2) is 9.97 Å². The largest absolute Gasteiger partial charge is 0.497 e. The fraction of sp³-hybridized carbons (Fsp3) is 0.120. The molecule has 0 atom stereocenters. The Morgan fingerprint density at radius 1 is 0.857 bits per heavy atom. The fourth-order valence-corrected chi connectivity index (χ4v) is 3.47. The lowest BCUT2D eigenvalue weighted by Crippen LogP contribution is -2.34. The van der Waals surface area contributed by atoms with Crippen molar-refractivity contribution in [3.05, 3.63) is 72.6 Å².